The lowest BCUT2D eigenvalue weighted by molar-refractivity contribution is 0.588. The van der Waals surface area contributed by atoms with Crippen LogP contribution in [0, 0.1) is 6.92 Å². The Kier molecular flexibility index (Phi) is 4.98. The van der Waals surface area contributed by atoms with E-state index < -0.39 is 0 Å². The maximum Gasteiger partial charge on any atom is 0.0541 e. The van der Waals surface area contributed by atoms with Crippen molar-refractivity contribution in [2.75, 3.05) is 12.0 Å². The molecule has 1 atom stereocenters. The Hall–Kier alpha value is -0.540. The monoisotopic (exact) mass is 210 g/mol. The highest BCUT2D eigenvalue weighted by molar-refractivity contribution is 7.98. The van der Waals surface area contributed by atoms with E-state index in [4.69, 9.17) is 0 Å². The number of aryl methyl sites for hydroxylation is 1. The van der Waals surface area contributed by atoms with Gasteiger partial charge < -0.3 is 5.32 Å². The lowest BCUT2D eigenvalue weighted by Gasteiger charge is -2.11. The first-order valence-electron chi connectivity index (χ1n) is 4.86. The molecule has 0 bridgehead atoms. The summed E-state index contributed by atoms with van der Waals surface area (Å²) in [5.74, 6) is 1.14. The van der Waals surface area contributed by atoms with Crippen LogP contribution in [0.1, 0.15) is 18.2 Å². The summed E-state index contributed by atoms with van der Waals surface area (Å²) in [5.41, 5.74) is 2.33. The van der Waals surface area contributed by atoms with Gasteiger partial charge in [0, 0.05) is 24.5 Å². The molecule has 1 unspecified atom stereocenters. The second-order valence-electron chi connectivity index (χ2n) is 3.56. The van der Waals surface area contributed by atoms with Crippen LogP contribution in [0.25, 0.3) is 0 Å². The Morgan fingerprint density at radius 2 is 2.29 bits per heavy atom. The van der Waals surface area contributed by atoms with Crippen molar-refractivity contribution < 1.29 is 0 Å². The molecule has 0 saturated heterocycles. The molecule has 0 aliphatic carbocycles. The molecular formula is C11H18N2S. The van der Waals surface area contributed by atoms with E-state index in [1.54, 1.807) is 0 Å². The maximum atomic E-state index is 4.34. The van der Waals surface area contributed by atoms with E-state index in [0.717, 1.165) is 18.0 Å². The van der Waals surface area contributed by atoms with E-state index in [9.17, 15) is 0 Å². The molecule has 0 aromatic carbocycles. The van der Waals surface area contributed by atoms with Gasteiger partial charge in [0.1, 0.15) is 0 Å². The Bertz CT molecular complexity index is 258. The second-order valence-corrected chi connectivity index (χ2v) is 4.47. The molecule has 0 aliphatic rings. The van der Waals surface area contributed by atoms with E-state index in [-0.39, 0.29) is 0 Å². The zero-order chi connectivity index (χ0) is 10.4. The molecule has 1 rings (SSSR count). The predicted octanol–water partition coefficient (Wildman–Crippen LogP) is 2.23. The van der Waals surface area contributed by atoms with Crippen LogP contribution in [0.4, 0.5) is 0 Å². The highest BCUT2D eigenvalue weighted by Gasteiger charge is 2.00. The SMILES string of the molecule is CSCC(C)NCc1ccc(C)cn1. The second kappa shape index (κ2) is 6.04. The Balaban J connectivity index is 2.34. The van der Waals surface area contributed by atoms with E-state index in [1.807, 2.05) is 18.0 Å². The van der Waals surface area contributed by atoms with Crippen LogP contribution in [-0.2, 0) is 6.54 Å². The van der Waals surface area contributed by atoms with Crippen molar-refractivity contribution in [1.29, 1.82) is 0 Å². The number of hydrogen-bond donors (Lipinski definition) is 1. The molecule has 1 N–H and O–H groups in total. The summed E-state index contributed by atoms with van der Waals surface area (Å²) in [6.45, 7) is 5.12. The molecule has 0 spiro atoms. The minimum absolute atomic E-state index is 0.549. The van der Waals surface area contributed by atoms with E-state index in [2.05, 4.69) is 42.5 Å². The van der Waals surface area contributed by atoms with Crippen molar-refractivity contribution in [3.63, 3.8) is 0 Å². The lowest BCUT2D eigenvalue weighted by atomic mass is 10.2. The van der Waals surface area contributed by atoms with Crippen molar-refractivity contribution in [2.45, 2.75) is 26.4 Å². The van der Waals surface area contributed by atoms with Gasteiger partial charge in [-0.05, 0) is 31.7 Å². The fourth-order valence-electron chi connectivity index (χ4n) is 1.19. The Morgan fingerprint density at radius 3 is 2.86 bits per heavy atom. The van der Waals surface area contributed by atoms with Crippen molar-refractivity contribution in [1.82, 2.24) is 10.3 Å². The third-order valence-electron chi connectivity index (χ3n) is 2.02. The van der Waals surface area contributed by atoms with Crippen molar-refractivity contribution in [3.05, 3.63) is 29.6 Å². The summed E-state index contributed by atoms with van der Waals surface area (Å²) in [7, 11) is 0. The van der Waals surface area contributed by atoms with Gasteiger partial charge in [-0.15, -0.1) is 0 Å². The van der Waals surface area contributed by atoms with Crippen LogP contribution in [0.3, 0.4) is 0 Å². The standard InChI is InChI=1S/C11H18N2S/c1-9-4-5-11(13-6-9)7-12-10(2)8-14-3/h4-6,10,12H,7-8H2,1-3H3. The highest BCUT2D eigenvalue weighted by Crippen LogP contribution is 2.00. The van der Waals surface area contributed by atoms with Gasteiger partial charge in [-0.3, -0.25) is 4.98 Å². The average molecular weight is 210 g/mol. The molecule has 0 radical (unpaired) electrons. The third kappa shape index (κ3) is 4.11. The summed E-state index contributed by atoms with van der Waals surface area (Å²) < 4.78 is 0. The third-order valence-corrected chi connectivity index (χ3v) is 2.85. The maximum absolute atomic E-state index is 4.34. The number of thioether (sulfide) groups is 1. The normalized spacial score (nSPS) is 12.8. The molecule has 14 heavy (non-hydrogen) atoms. The molecule has 2 nitrogen and oxygen atoms in total. The van der Waals surface area contributed by atoms with Gasteiger partial charge in [0.05, 0.1) is 5.69 Å². The Morgan fingerprint density at radius 1 is 1.50 bits per heavy atom. The zero-order valence-electron chi connectivity index (χ0n) is 9.08. The van der Waals surface area contributed by atoms with Gasteiger partial charge in [-0.25, -0.2) is 0 Å². The summed E-state index contributed by atoms with van der Waals surface area (Å²) in [6, 6.07) is 4.73. The van der Waals surface area contributed by atoms with Gasteiger partial charge in [-0.2, -0.15) is 11.8 Å². The summed E-state index contributed by atoms with van der Waals surface area (Å²) in [5, 5.41) is 3.44. The van der Waals surface area contributed by atoms with Crippen molar-refractivity contribution >= 4 is 11.8 Å². The van der Waals surface area contributed by atoms with E-state index in [1.165, 1.54) is 5.56 Å². The molecule has 78 valence electrons. The first-order chi connectivity index (χ1) is 6.72. The summed E-state index contributed by atoms with van der Waals surface area (Å²) in [4.78, 5) is 4.34. The smallest absolute Gasteiger partial charge is 0.0541 e. The van der Waals surface area contributed by atoms with Crippen LogP contribution in [0.5, 0.6) is 0 Å². The summed E-state index contributed by atoms with van der Waals surface area (Å²) >= 11 is 1.86. The zero-order valence-corrected chi connectivity index (χ0v) is 9.90. The number of pyridine rings is 1. The minimum Gasteiger partial charge on any atom is -0.308 e. The first-order valence-corrected chi connectivity index (χ1v) is 6.25. The molecule has 0 saturated carbocycles. The van der Waals surface area contributed by atoms with E-state index >= 15 is 0 Å². The Labute approximate surface area is 90.5 Å². The van der Waals surface area contributed by atoms with E-state index in [0.29, 0.717) is 6.04 Å². The number of nitrogens with zero attached hydrogens (tertiary/aromatic N) is 1. The van der Waals surface area contributed by atoms with Gasteiger partial charge in [0.2, 0.25) is 0 Å². The predicted molar refractivity (Wildman–Crippen MR) is 63.7 cm³/mol. The molecule has 1 aromatic heterocycles. The van der Waals surface area contributed by atoms with Crippen LogP contribution >= 0.6 is 11.8 Å². The first kappa shape index (κ1) is 11.5. The molecular weight excluding hydrogens is 192 g/mol. The highest BCUT2D eigenvalue weighted by atomic mass is 32.2. The molecule has 3 heteroatoms. The van der Waals surface area contributed by atoms with Crippen LogP contribution < -0.4 is 5.32 Å². The fourth-order valence-corrected chi connectivity index (χ4v) is 1.81. The largest absolute Gasteiger partial charge is 0.308 e. The van der Waals surface area contributed by atoms with Gasteiger partial charge >= 0.3 is 0 Å². The van der Waals surface area contributed by atoms with Crippen molar-refractivity contribution in [3.8, 4) is 0 Å². The van der Waals surface area contributed by atoms with Crippen LogP contribution in [0.15, 0.2) is 18.3 Å². The average Bonchev–Trinajstić information content (AvgIpc) is 2.17. The lowest BCUT2D eigenvalue weighted by Crippen LogP contribution is -2.27. The number of nitrogens with one attached hydrogen (secondary N) is 1. The van der Waals surface area contributed by atoms with Crippen LogP contribution in [0.2, 0.25) is 0 Å². The molecule has 0 fully saturated rings. The molecule has 0 amide bonds. The van der Waals surface area contributed by atoms with Gasteiger partial charge in [0.15, 0.2) is 0 Å². The van der Waals surface area contributed by atoms with Crippen molar-refractivity contribution in [2.24, 2.45) is 0 Å². The number of rotatable bonds is 5. The topological polar surface area (TPSA) is 24.9 Å². The van der Waals surface area contributed by atoms with Gasteiger partial charge in [0.25, 0.3) is 0 Å². The number of hydrogen-bond acceptors (Lipinski definition) is 3. The molecule has 1 heterocycles. The summed E-state index contributed by atoms with van der Waals surface area (Å²) in [6.07, 6.45) is 4.04. The minimum atomic E-state index is 0.549. The van der Waals surface area contributed by atoms with Crippen LogP contribution in [-0.4, -0.2) is 23.0 Å². The van der Waals surface area contributed by atoms with Gasteiger partial charge in [-0.1, -0.05) is 6.07 Å². The molecule has 0 aliphatic heterocycles. The molecule has 1 aromatic rings. The quantitative estimate of drug-likeness (QED) is 0.806. The fraction of sp³-hybridized carbons (Fsp3) is 0.545. The number of aromatic nitrogens is 1.